The van der Waals surface area contributed by atoms with Gasteiger partial charge in [-0.15, -0.1) is 0 Å². The number of nitrogens with zero attached hydrogens (tertiary/aromatic N) is 1. The molecule has 1 saturated carbocycles. The molecule has 0 N–H and O–H groups in total. The molecule has 0 bridgehead atoms. The Morgan fingerprint density at radius 2 is 1.43 bits per heavy atom. The SMILES string of the molecule is CC(C)c1cccc(C(C)C)c1N=P(C)(C)C1CCCC1. The van der Waals surface area contributed by atoms with Crippen LogP contribution in [0.5, 0.6) is 0 Å². The van der Waals surface area contributed by atoms with Crippen molar-refractivity contribution < 1.29 is 0 Å². The molecule has 118 valence electrons. The largest absolute Gasteiger partial charge is 0.267 e. The molecule has 0 unspecified atom stereocenters. The number of hydrogen-bond acceptors (Lipinski definition) is 1. The van der Waals surface area contributed by atoms with Crippen LogP contribution in [0.4, 0.5) is 5.69 Å². The minimum Gasteiger partial charge on any atom is -0.267 e. The van der Waals surface area contributed by atoms with Crippen molar-refractivity contribution in [2.45, 2.75) is 70.9 Å². The molecule has 2 rings (SSSR count). The fraction of sp³-hybridized carbons (Fsp3) is 0.684. The van der Waals surface area contributed by atoms with Gasteiger partial charge in [-0.3, -0.25) is 4.74 Å². The maximum atomic E-state index is 5.43. The van der Waals surface area contributed by atoms with Gasteiger partial charge >= 0.3 is 0 Å². The molecule has 0 spiro atoms. The second-order valence-electron chi connectivity index (χ2n) is 7.61. The Hall–Kier alpha value is -0.550. The molecule has 2 heteroatoms. The summed E-state index contributed by atoms with van der Waals surface area (Å²) in [6, 6.07) is 6.78. The van der Waals surface area contributed by atoms with E-state index in [1.165, 1.54) is 42.5 Å². The van der Waals surface area contributed by atoms with Crippen molar-refractivity contribution in [2.75, 3.05) is 13.3 Å². The van der Waals surface area contributed by atoms with E-state index < -0.39 is 7.05 Å². The third-order valence-corrected chi connectivity index (χ3v) is 7.94. The van der Waals surface area contributed by atoms with Gasteiger partial charge in [0, 0.05) is 0 Å². The molecule has 1 aliphatic rings. The van der Waals surface area contributed by atoms with Gasteiger partial charge in [0.25, 0.3) is 0 Å². The predicted octanol–water partition coefficient (Wildman–Crippen LogP) is 6.97. The van der Waals surface area contributed by atoms with Gasteiger partial charge in [-0.1, -0.05) is 58.7 Å². The summed E-state index contributed by atoms with van der Waals surface area (Å²) in [5.74, 6) is 1.09. The van der Waals surface area contributed by atoms with Crippen LogP contribution in [-0.4, -0.2) is 19.0 Å². The van der Waals surface area contributed by atoms with E-state index in [9.17, 15) is 0 Å². The minimum absolute atomic E-state index is 0.547. The molecule has 0 amide bonds. The van der Waals surface area contributed by atoms with Crippen LogP contribution in [0.25, 0.3) is 0 Å². The molecule has 0 aromatic heterocycles. The zero-order valence-electron chi connectivity index (χ0n) is 14.7. The van der Waals surface area contributed by atoms with Crippen LogP contribution >= 0.6 is 7.05 Å². The molecule has 1 aliphatic carbocycles. The summed E-state index contributed by atoms with van der Waals surface area (Å²) in [5, 5.41) is 0. The Morgan fingerprint density at radius 3 is 1.86 bits per heavy atom. The van der Waals surface area contributed by atoms with Crippen LogP contribution in [0.3, 0.4) is 0 Å². The Balaban J connectivity index is 2.55. The Bertz CT molecular complexity index is 504. The molecule has 1 aromatic carbocycles. The normalized spacial score (nSPS) is 17.0. The predicted molar refractivity (Wildman–Crippen MR) is 97.7 cm³/mol. The summed E-state index contributed by atoms with van der Waals surface area (Å²) in [7, 11) is -1.22. The van der Waals surface area contributed by atoms with Gasteiger partial charge in [0.2, 0.25) is 0 Å². The highest BCUT2D eigenvalue weighted by atomic mass is 31.2. The van der Waals surface area contributed by atoms with Gasteiger partial charge < -0.3 is 0 Å². The second kappa shape index (κ2) is 6.69. The molecule has 0 radical (unpaired) electrons. The van der Waals surface area contributed by atoms with Gasteiger partial charge in [-0.2, -0.15) is 0 Å². The Labute approximate surface area is 131 Å². The highest BCUT2D eigenvalue weighted by Crippen LogP contribution is 2.56. The van der Waals surface area contributed by atoms with Gasteiger partial charge in [-0.05, 0) is 61.8 Å². The average molecular weight is 305 g/mol. The number of rotatable bonds is 4. The average Bonchev–Trinajstić information content (AvgIpc) is 2.92. The van der Waals surface area contributed by atoms with Gasteiger partial charge in [-0.25, -0.2) is 0 Å². The van der Waals surface area contributed by atoms with Gasteiger partial charge in [0.15, 0.2) is 0 Å². The molecule has 1 nitrogen and oxygen atoms in total. The summed E-state index contributed by atoms with van der Waals surface area (Å²) in [4.78, 5) is 0. The third-order valence-electron chi connectivity index (χ3n) is 4.92. The lowest BCUT2D eigenvalue weighted by molar-refractivity contribution is 0.834. The highest BCUT2D eigenvalue weighted by molar-refractivity contribution is 7.65. The summed E-state index contributed by atoms with van der Waals surface area (Å²) < 4.78 is 5.43. The smallest absolute Gasteiger partial charge is 0.0682 e. The van der Waals surface area contributed by atoms with E-state index >= 15 is 0 Å². The van der Waals surface area contributed by atoms with Crippen molar-refractivity contribution >= 4 is 12.7 Å². The highest BCUT2D eigenvalue weighted by Gasteiger charge is 2.26. The number of hydrogen-bond donors (Lipinski definition) is 0. The van der Waals surface area contributed by atoms with Crippen molar-refractivity contribution in [1.82, 2.24) is 0 Å². The topological polar surface area (TPSA) is 12.4 Å². The Kier molecular flexibility index (Phi) is 5.36. The fourth-order valence-electron chi connectivity index (χ4n) is 3.50. The maximum Gasteiger partial charge on any atom is 0.0682 e. The van der Waals surface area contributed by atoms with E-state index in [1.807, 2.05) is 0 Å². The van der Waals surface area contributed by atoms with E-state index in [1.54, 1.807) is 0 Å². The van der Waals surface area contributed by atoms with E-state index in [4.69, 9.17) is 4.74 Å². The summed E-state index contributed by atoms with van der Waals surface area (Å²) >= 11 is 0. The van der Waals surface area contributed by atoms with Crippen LogP contribution in [0.15, 0.2) is 22.9 Å². The molecule has 0 saturated heterocycles. The first kappa shape index (κ1) is 16.8. The first-order valence-electron chi connectivity index (χ1n) is 8.52. The zero-order chi connectivity index (χ0) is 15.6. The first-order valence-corrected chi connectivity index (χ1v) is 11.2. The molecular formula is C19H32NP. The second-order valence-corrected chi connectivity index (χ2v) is 11.5. The van der Waals surface area contributed by atoms with E-state index in [-0.39, 0.29) is 0 Å². The lowest BCUT2D eigenvalue weighted by Crippen LogP contribution is -2.02. The van der Waals surface area contributed by atoms with E-state index in [2.05, 4.69) is 59.2 Å². The van der Waals surface area contributed by atoms with Crippen molar-refractivity contribution in [2.24, 2.45) is 4.74 Å². The summed E-state index contributed by atoms with van der Waals surface area (Å²) in [6.07, 6.45) is 5.61. The van der Waals surface area contributed by atoms with Crippen LogP contribution in [-0.2, 0) is 0 Å². The molecular weight excluding hydrogens is 273 g/mol. The minimum atomic E-state index is -1.22. The van der Waals surface area contributed by atoms with Crippen LogP contribution in [0.1, 0.15) is 76.3 Å². The lowest BCUT2D eigenvalue weighted by Gasteiger charge is -2.25. The zero-order valence-corrected chi connectivity index (χ0v) is 15.6. The maximum absolute atomic E-state index is 5.43. The molecule has 1 aromatic rings. The van der Waals surface area contributed by atoms with Crippen molar-refractivity contribution in [3.8, 4) is 0 Å². The molecule has 0 aliphatic heterocycles. The molecule has 0 atom stereocenters. The van der Waals surface area contributed by atoms with E-state index in [0.29, 0.717) is 11.8 Å². The molecule has 0 heterocycles. The van der Waals surface area contributed by atoms with Crippen molar-refractivity contribution in [1.29, 1.82) is 0 Å². The quantitative estimate of drug-likeness (QED) is 0.533. The van der Waals surface area contributed by atoms with Gasteiger partial charge in [0.05, 0.1) is 5.69 Å². The molecule has 1 fully saturated rings. The summed E-state index contributed by atoms with van der Waals surface area (Å²) in [6.45, 7) is 14.1. The third kappa shape index (κ3) is 3.81. The number of benzene rings is 1. The standard InChI is InChI=1S/C19H32NP/c1-14(2)17-12-9-13-18(15(3)4)19(17)20-21(5,6)16-10-7-8-11-16/h9,12-16H,7-8,10-11H2,1-6H3. The fourth-order valence-corrected chi connectivity index (χ4v) is 6.04. The summed E-state index contributed by atoms with van der Waals surface area (Å²) in [5.41, 5.74) is 5.06. The lowest BCUT2D eigenvalue weighted by atomic mass is 9.93. The molecule has 21 heavy (non-hydrogen) atoms. The van der Waals surface area contributed by atoms with Gasteiger partial charge in [0.1, 0.15) is 0 Å². The first-order chi connectivity index (χ1) is 9.83. The monoisotopic (exact) mass is 305 g/mol. The van der Waals surface area contributed by atoms with E-state index in [0.717, 1.165) is 5.66 Å². The Morgan fingerprint density at radius 1 is 0.952 bits per heavy atom. The van der Waals surface area contributed by atoms with Crippen molar-refractivity contribution in [3.05, 3.63) is 29.3 Å². The van der Waals surface area contributed by atoms with Crippen LogP contribution in [0.2, 0.25) is 0 Å². The van der Waals surface area contributed by atoms with Crippen molar-refractivity contribution in [3.63, 3.8) is 0 Å². The van der Waals surface area contributed by atoms with Crippen LogP contribution in [0, 0.1) is 0 Å². The van der Waals surface area contributed by atoms with Crippen LogP contribution < -0.4 is 0 Å².